The first kappa shape index (κ1) is 12.0. The number of benzene rings is 1. The van der Waals surface area contributed by atoms with Crippen LogP contribution in [-0.2, 0) is 11.0 Å². The summed E-state index contributed by atoms with van der Waals surface area (Å²) in [5.74, 6) is -0.950. The zero-order valence-corrected chi connectivity index (χ0v) is 8.87. The molecule has 0 radical (unpaired) electrons. The third-order valence-corrected chi connectivity index (χ3v) is 3.00. The number of hydrogen-bond acceptors (Lipinski definition) is 1. The van der Waals surface area contributed by atoms with Crippen molar-refractivity contribution in [1.82, 2.24) is 0 Å². The van der Waals surface area contributed by atoms with Crippen LogP contribution in [0.5, 0.6) is 0 Å². The molecule has 1 saturated carbocycles. The number of halogens is 3. The Labute approximate surface area is 96.1 Å². The van der Waals surface area contributed by atoms with Crippen LogP contribution in [0.3, 0.4) is 0 Å². The summed E-state index contributed by atoms with van der Waals surface area (Å²) in [7, 11) is 0. The highest BCUT2D eigenvalue weighted by Crippen LogP contribution is 2.50. The van der Waals surface area contributed by atoms with E-state index in [1.807, 2.05) is 0 Å². The molecule has 92 valence electrons. The minimum absolute atomic E-state index is 0.0176. The van der Waals surface area contributed by atoms with Crippen molar-refractivity contribution in [1.29, 1.82) is 0 Å². The van der Waals surface area contributed by atoms with Crippen molar-refractivity contribution in [3.63, 3.8) is 0 Å². The molecule has 17 heavy (non-hydrogen) atoms. The van der Waals surface area contributed by atoms with Crippen LogP contribution in [-0.4, -0.2) is 11.1 Å². The first-order valence-corrected chi connectivity index (χ1v) is 5.27. The van der Waals surface area contributed by atoms with Gasteiger partial charge in [-0.05, 0) is 29.9 Å². The fraction of sp³-hybridized carbons (Fsp3) is 0.417. The van der Waals surface area contributed by atoms with Gasteiger partial charge in [0.2, 0.25) is 0 Å². The number of carboxylic acids is 1. The molecule has 2 rings (SSSR count). The zero-order chi connectivity index (χ0) is 12.6. The third-order valence-electron chi connectivity index (χ3n) is 3.00. The summed E-state index contributed by atoms with van der Waals surface area (Å²) in [5.41, 5.74) is -0.0814. The molecule has 0 amide bonds. The summed E-state index contributed by atoms with van der Waals surface area (Å²) < 4.78 is 37.4. The van der Waals surface area contributed by atoms with E-state index in [1.165, 1.54) is 6.07 Å². The highest BCUT2D eigenvalue weighted by molar-refractivity contribution is 5.67. The predicted octanol–water partition coefficient (Wildman–Crippen LogP) is 3.28. The fourth-order valence-corrected chi connectivity index (χ4v) is 2.05. The van der Waals surface area contributed by atoms with Crippen molar-refractivity contribution in [2.75, 3.05) is 0 Å². The van der Waals surface area contributed by atoms with E-state index in [4.69, 9.17) is 5.11 Å². The largest absolute Gasteiger partial charge is 0.481 e. The molecular formula is C12H11F3O2. The maximum absolute atomic E-state index is 12.5. The fourth-order valence-electron chi connectivity index (χ4n) is 2.05. The molecule has 0 aromatic heterocycles. The highest BCUT2D eigenvalue weighted by atomic mass is 19.4. The van der Waals surface area contributed by atoms with Crippen molar-refractivity contribution < 1.29 is 23.1 Å². The second-order valence-corrected chi connectivity index (χ2v) is 4.32. The molecule has 0 spiro atoms. The molecule has 1 aromatic carbocycles. The predicted molar refractivity (Wildman–Crippen MR) is 54.5 cm³/mol. The topological polar surface area (TPSA) is 37.3 Å². The Bertz CT molecular complexity index is 440. The van der Waals surface area contributed by atoms with Crippen molar-refractivity contribution in [2.45, 2.75) is 24.9 Å². The summed E-state index contributed by atoms with van der Waals surface area (Å²) in [6.07, 6.45) is -3.65. The number of carbonyl (C=O) groups is 1. The van der Waals surface area contributed by atoms with E-state index in [-0.39, 0.29) is 18.3 Å². The van der Waals surface area contributed by atoms with Crippen LogP contribution in [0, 0.1) is 5.92 Å². The van der Waals surface area contributed by atoms with Gasteiger partial charge in [-0.25, -0.2) is 0 Å². The lowest BCUT2D eigenvalue weighted by Crippen LogP contribution is -2.05. The van der Waals surface area contributed by atoms with E-state index in [2.05, 4.69) is 0 Å². The van der Waals surface area contributed by atoms with E-state index in [0.29, 0.717) is 12.0 Å². The standard InChI is InChI=1S/C12H11F3O2/c13-12(14,15)9-3-1-2-7(4-9)10-5-8(10)6-11(16)17/h1-4,8,10H,5-6H2,(H,16,17)/t8-,10-/m1/s1. The summed E-state index contributed by atoms with van der Waals surface area (Å²) >= 11 is 0. The van der Waals surface area contributed by atoms with Crippen molar-refractivity contribution in [3.05, 3.63) is 35.4 Å². The summed E-state index contributed by atoms with van der Waals surface area (Å²) in [5, 5.41) is 8.59. The highest BCUT2D eigenvalue weighted by Gasteiger charge is 2.40. The SMILES string of the molecule is O=C(O)C[C@H]1C[C@@H]1c1cccc(C(F)(F)F)c1. The Morgan fingerprint density at radius 3 is 2.71 bits per heavy atom. The minimum atomic E-state index is -4.34. The first-order valence-electron chi connectivity index (χ1n) is 5.27. The van der Waals surface area contributed by atoms with Crippen LogP contribution < -0.4 is 0 Å². The van der Waals surface area contributed by atoms with E-state index in [0.717, 1.165) is 12.1 Å². The average molecular weight is 244 g/mol. The number of hydrogen-bond donors (Lipinski definition) is 1. The van der Waals surface area contributed by atoms with E-state index in [9.17, 15) is 18.0 Å². The molecule has 1 N–H and O–H groups in total. The van der Waals surface area contributed by atoms with Crippen LogP contribution in [0.4, 0.5) is 13.2 Å². The molecule has 0 heterocycles. The average Bonchev–Trinajstić information content (AvgIpc) is 2.95. The van der Waals surface area contributed by atoms with Gasteiger partial charge in [0.05, 0.1) is 5.56 Å². The van der Waals surface area contributed by atoms with Gasteiger partial charge in [0, 0.05) is 6.42 Å². The van der Waals surface area contributed by atoms with Gasteiger partial charge >= 0.3 is 12.1 Å². The molecule has 2 atom stereocenters. The molecule has 1 aliphatic rings. The van der Waals surface area contributed by atoms with Crippen LogP contribution >= 0.6 is 0 Å². The lowest BCUT2D eigenvalue weighted by molar-refractivity contribution is -0.138. The second kappa shape index (κ2) is 4.05. The normalized spacial score (nSPS) is 23.5. The van der Waals surface area contributed by atoms with Gasteiger partial charge in [-0.3, -0.25) is 4.79 Å². The molecule has 0 aliphatic heterocycles. The molecule has 5 heteroatoms. The number of alkyl halides is 3. The maximum Gasteiger partial charge on any atom is 0.416 e. The van der Waals surface area contributed by atoms with Gasteiger partial charge in [-0.1, -0.05) is 18.2 Å². The Morgan fingerprint density at radius 1 is 1.41 bits per heavy atom. The number of rotatable bonds is 3. The van der Waals surface area contributed by atoms with Gasteiger partial charge in [-0.2, -0.15) is 13.2 Å². The van der Waals surface area contributed by atoms with Crippen LogP contribution in [0.25, 0.3) is 0 Å². The molecule has 0 saturated heterocycles. The van der Waals surface area contributed by atoms with Gasteiger partial charge in [-0.15, -0.1) is 0 Å². The minimum Gasteiger partial charge on any atom is -0.481 e. The summed E-state index contributed by atoms with van der Waals surface area (Å²) in [6, 6.07) is 5.14. The second-order valence-electron chi connectivity index (χ2n) is 4.32. The molecule has 1 aromatic rings. The maximum atomic E-state index is 12.5. The molecule has 1 fully saturated rings. The van der Waals surface area contributed by atoms with Crippen LogP contribution in [0.1, 0.15) is 29.9 Å². The molecule has 1 aliphatic carbocycles. The van der Waals surface area contributed by atoms with Crippen molar-refractivity contribution in [3.8, 4) is 0 Å². The molecule has 0 bridgehead atoms. The van der Waals surface area contributed by atoms with E-state index in [1.54, 1.807) is 6.07 Å². The van der Waals surface area contributed by atoms with Crippen molar-refractivity contribution >= 4 is 5.97 Å². The molecule has 0 unspecified atom stereocenters. The van der Waals surface area contributed by atoms with Crippen molar-refractivity contribution in [2.24, 2.45) is 5.92 Å². The Morgan fingerprint density at radius 2 is 2.12 bits per heavy atom. The molecular weight excluding hydrogens is 233 g/mol. The lowest BCUT2D eigenvalue weighted by atomic mass is 10.0. The van der Waals surface area contributed by atoms with Crippen LogP contribution in [0.2, 0.25) is 0 Å². The van der Waals surface area contributed by atoms with Gasteiger partial charge in [0.25, 0.3) is 0 Å². The lowest BCUT2D eigenvalue weighted by Gasteiger charge is -2.08. The van der Waals surface area contributed by atoms with Gasteiger partial charge in [0.1, 0.15) is 0 Å². The van der Waals surface area contributed by atoms with E-state index < -0.39 is 17.7 Å². The zero-order valence-electron chi connectivity index (χ0n) is 8.87. The number of aliphatic carboxylic acids is 1. The van der Waals surface area contributed by atoms with E-state index >= 15 is 0 Å². The van der Waals surface area contributed by atoms with Gasteiger partial charge < -0.3 is 5.11 Å². The Balaban J connectivity index is 2.11. The monoisotopic (exact) mass is 244 g/mol. The Kier molecular flexibility index (Phi) is 2.85. The molecule has 2 nitrogen and oxygen atoms in total. The van der Waals surface area contributed by atoms with Crippen LogP contribution in [0.15, 0.2) is 24.3 Å². The number of carboxylic acid groups (broad SMARTS) is 1. The van der Waals surface area contributed by atoms with Gasteiger partial charge in [0.15, 0.2) is 0 Å². The third kappa shape index (κ3) is 2.78. The summed E-state index contributed by atoms with van der Waals surface area (Å²) in [6.45, 7) is 0. The first-order chi connectivity index (χ1) is 7.88. The Hall–Kier alpha value is -1.52. The summed E-state index contributed by atoms with van der Waals surface area (Å²) in [4.78, 5) is 10.5. The smallest absolute Gasteiger partial charge is 0.416 e. The quantitative estimate of drug-likeness (QED) is 0.885.